The van der Waals surface area contributed by atoms with Gasteiger partial charge < -0.3 is 33.7 Å². The van der Waals surface area contributed by atoms with Crippen molar-refractivity contribution in [1.29, 1.82) is 0 Å². The van der Waals surface area contributed by atoms with Crippen LogP contribution in [0.1, 0.15) is 64.9 Å². The highest BCUT2D eigenvalue weighted by atomic mass is 16.7. The van der Waals surface area contributed by atoms with E-state index in [1.54, 1.807) is 6.07 Å². The van der Waals surface area contributed by atoms with Gasteiger partial charge in [-0.15, -0.1) is 0 Å². The van der Waals surface area contributed by atoms with Crippen molar-refractivity contribution in [2.45, 2.75) is 71.8 Å². The summed E-state index contributed by atoms with van der Waals surface area (Å²) in [4.78, 5) is 48.0. The molecule has 0 saturated heterocycles. The van der Waals surface area contributed by atoms with E-state index in [-0.39, 0.29) is 50.3 Å². The monoisotopic (exact) mass is 525 g/mol. The fraction of sp³-hybridized carbons (Fsp3) is 0.615. The number of esters is 2. The maximum atomic E-state index is 12.3. The van der Waals surface area contributed by atoms with Gasteiger partial charge in [0.2, 0.25) is 0 Å². The number of carbonyl (C=O) groups is 4. The zero-order valence-corrected chi connectivity index (χ0v) is 22.2. The van der Waals surface area contributed by atoms with E-state index in [1.165, 1.54) is 19.2 Å². The van der Waals surface area contributed by atoms with Gasteiger partial charge in [-0.2, -0.15) is 0 Å². The SMILES string of the molecule is CCCCOC(=O)Oc1ccc(C[C@H](NCCOC(=O)CCC)C(=O)OC)cc1OC(=O)OCCCC. The molecule has 11 heteroatoms. The fourth-order valence-electron chi connectivity index (χ4n) is 2.97. The lowest BCUT2D eigenvalue weighted by Crippen LogP contribution is -2.41. The minimum absolute atomic E-state index is 0.0388. The van der Waals surface area contributed by atoms with Gasteiger partial charge in [-0.25, -0.2) is 9.59 Å². The van der Waals surface area contributed by atoms with Crippen LogP contribution >= 0.6 is 0 Å². The molecule has 0 heterocycles. The first-order valence-electron chi connectivity index (χ1n) is 12.6. The van der Waals surface area contributed by atoms with Crippen molar-refractivity contribution in [1.82, 2.24) is 5.32 Å². The third kappa shape index (κ3) is 13.5. The van der Waals surface area contributed by atoms with Crippen LogP contribution in [-0.4, -0.2) is 63.8 Å². The Morgan fingerprint density at radius 3 is 2.00 bits per heavy atom. The number of hydrogen-bond acceptors (Lipinski definition) is 11. The van der Waals surface area contributed by atoms with Gasteiger partial charge >= 0.3 is 24.2 Å². The predicted molar refractivity (Wildman–Crippen MR) is 134 cm³/mol. The number of nitrogens with one attached hydrogen (secondary N) is 1. The molecule has 1 N–H and O–H groups in total. The maximum Gasteiger partial charge on any atom is 0.513 e. The summed E-state index contributed by atoms with van der Waals surface area (Å²) in [6, 6.07) is 3.74. The van der Waals surface area contributed by atoms with Crippen LogP contribution in [0.3, 0.4) is 0 Å². The van der Waals surface area contributed by atoms with Crippen molar-refractivity contribution < 1.29 is 47.6 Å². The van der Waals surface area contributed by atoms with Gasteiger partial charge in [0, 0.05) is 13.0 Å². The Bertz CT molecular complexity index is 858. The molecule has 0 fully saturated rings. The van der Waals surface area contributed by atoms with E-state index in [2.05, 4.69) is 5.32 Å². The Balaban J connectivity index is 2.96. The van der Waals surface area contributed by atoms with Crippen LogP contribution in [-0.2, 0) is 35.0 Å². The number of rotatable bonds is 17. The van der Waals surface area contributed by atoms with Gasteiger partial charge in [-0.3, -0.25) is 9.59 Å². The summed E-state index contributed by atoms with van der Waals surface area (Å²) < 4.78 is 30.5. The van der Waals surface area contributed by atoms with Gasteiger partial charge in [-0.05, 0) is 43.4 Å². The van der Waals surface area contributed by atoms with E-state index in [9.17, 15) is 19.2 Å². The molecule has 37 heavy (non-hydrogen) atoms. The molecule has 0 aliphatic carbocycles. The van der Waals surface area contributed by atoms with Crippen LogP contribution in [0.2, 0.25) is 0 Å². The number of unbranched alkanes of at least 4 members (excludes halogenated alkanes) is 2. The van der Waals surface area contributed by atoms with E-state index < -0.39 is 24.3 Å². The third-order valence-electron chi connectivity index (χ3n) is 4.97. The normalized spacial score (nSPS) is 11.2. The van der Waals surface area contributed by atoms with Gasteiger partial charge in [0.05, 0.1) is 20.3 Å². The Morgan fingerprint density at radius 1 is 0.811 bits per heavy atom. The summed E-state index contributed by atoms with van der Waals surface area (Å²) >= 11 is 0. The van der Waals surface area contributed by atoms with Crippen LogP contribution < -0.4 is 14.8 Å². The molecule has 0 saturated carbocycles. The van der Waals surface area contributed by atoms with Gasteiger partial charge in [0.25, 0.3) is 0 Å². The summed E-state index contributed by atoms with van der Waals surface area (Å²) in [6.07, 6.45) is 2.30. The molecule has 0 spiro atoms. The van der Waals surface area contributed by atoms with Crippen LogP contribution in [0.4, 0.5) is 9.59 Å². The average molecular weight is 526 g/mol. The van der Waals surface area contributed by atoms with Gasteiger partial charge in [0.1, 0.15) is 12.6 Å². The second kappa shape index (κ2) is 18.9. The topological polar surface area (TPSA) is 136 Å². The molecular formula is C26H39NO10. The maximum absolute atomic E-state index is 12.3. The average Bonchev–Trinajstić information content (AvgIpc) is 2.87. The minimum Gasteiger partial charge on any atom is -0.468 e. The van der Waals surface area contributed by atoms with E-state index in [0.29, 0.717) is 31.2 Å². The highest BCUT2D eigenvalue weighted by Crippen LogP contribution is 2.30. The number of carbonyl (C=O) groups excluding carboxylic acids is 4. The lowest BCUT2D eigenvalue weighted by atomic mass is 10.1. The first kappa shape index (κ1) is 31.7. The molecule has 0 unspecified atom stereocenters. The van der Waals surface area contributed by atoms with Crippen molar-refractivity contribution in [2.75, 3.05) is 33.5 Å². The molecule has 208 valence electrons. The zero-order valence-electron chi connectivity index (χ0n) is 22.2. The molecule has 1 aromatic carbocycles. The Kier molecular flexibility index (Phi) is 16.2. The smallest absolute Gasteiger partial charge is 0.468 e. The molecular weight excluding hydrogens is 486 g/mol. The Labute approximate surface area is 218 Å². The summed E-state index contributed by atoms with van der Waals surface area (Å²) in [6.45, 7) is 6.49. The second-order valence-corrected chi connectivity index (χ2v) is 8.09. The first-order chi connectivity index (χ1) is 17.8. The fourth-order valence-corrected chi connectivity index (χ4v) is 2.97. The number of ether oxygens (including phenoxy) is 6. The predicted octanol–water partition coefficient (Wildman–Crippen LogP) is 4.33. The molecule has 0 aliphatic rings. The summed E-state index contributed by atoms with van der Waals surface area (Å²) in [5.41, 5.74) is 0.578. The van der Waals surface area contributed by atoms with Crippen LogP contribution in [0.15, 0.2) is 18.2 Å². The van der Waals surface area contributed by atoms with E-state index >= 15 is 0 Å². The van der Waals surface area contributed by atoms with E-state index in [0.717, 1.165) is 12.8 Å². The molecule has 1 aromatic rings. The molecule has 1 atom stereocenters. The van der Waals surface area contributed by atoms with Crippen molar-refractivity contribution >= 4 is 24.2 Å². The molecule has 0 aromatic heterocycles. The Morgan fingerprint density at radius 2 is 1.43 bits per heavy atom. The molecule has 0 bridgehead atoms. The molecule has 0 aliphatic heterocycles. The highest BCUT2D eigenvalue weighted by molar-refractivity contribution is 5.76. The number of methoxy groups -OCH3 is 1. The van der Waals surface area contributed by atoms with E-state index in [4.69, 9.17) is 28.4 Å². The third-order valence-corrected chi connectivity index (χ3v) is 4.97. The van der Waals surface area contributed by atoms with Crippen LogP contribution in [0.25, 0.3) is 0 Å². The van der Waals surface area contributed by atoms with Crippen molar-refractivity contribution in [3.05, 3.63) is 23.8 Å². The van der Waals surface area contributed by atoms with Crippen LogP contribution in [0.5, 0.6) is 11.5 Å². The molecule has 0 radical (unpaired) electrons. The van der Waals surface area contributed by atoms with Crippen LogP contribution in [0, 0.1) is 0 Å². The standard InChI is InChI=1S/C26H39NO10/c1-5-8-14-34-25(30)36-21-12-11-19(18-22(21)37-26(31)35-15-9-6-2)17-20(24(29)32-4)27-13-16-33-23(28)10-7-3/h11-12,18,20,27H,5-10,13-17H2,1-4H3/t20-/m0/s1. The number of benzene rings is 1. The first-order valence-corrected chi connectivity index (χ1v) is 12.6. The largest absolute Gasteiger partial charge is 0.513 e. The quantitative estimate of drug-likeness (QED) is 0.135. The molecule has 1 rings (SSSR count). The lowest BCUT2D eigenvalue weighted by Gasteiger charge is -2.18. The molecule has 0 amide bonds. The van der Waals surface area contributed by atoms with Gasteiger partial charge in [0.15, 0.2) is 11.5 Å². The van der Waals surface area contributed by atoms with E-state index in [1.807, 2.05) is 20.8 Å². The highest BCUT2D eigenvalue weighted by Gasteiger charge is 2.22. The summed E-state index contributed by atoms with van der Waals surface area (Å²) in [5.74, 6) is -0.942. The zero-order chi connectivity index (χ0) is 27.5. The Hall–Kier alpha value is -3.34. The summed E-state index contributed by atoms with van der Waals surface area (Å²) in [7, 11) is 1.26. The van der Waals surface area contributed by atoms with Crippen molar-refractivity contribution in [3.8, 4) is 11.5 Å². The summed E-state index contributed by atoms with van der Waals surface area (Å²) in [5, 5.41) is 3.00. The van der Waals surface area contributed by atoms with Gasteiger partial charge in [-0.1, -0.05) is 39.7 Å². The minimum atomic E-state index is -0.952. The second-order valence-electron chi connectivity index (χ2n) is 8.09. The number of hydrogen-bond donors (Lipinski definition) is 1. The van der Waals surface area contributed by atoms with Crippen molar-refractivity contribution in [3.63, 3.8) is 0 Å². The molecule has 11 nitrogen and oxygen atoms in total. The lowest BCUT2D eigenvalue weighted by molar-refractivity contribution is -0.144. The van der Waals surface area contributed by atoms with Crippen molar-refractivity contribution in [2.24, 2.45) is 0 Å².